The quantitative estimate of drug-likeness (QED) is 0.790. The fourth-order valence-corrected chi connectivity index (χ4v) is 3.99. The van der Waals surface area contributed by atoms with Gasteiger partial charge in [0.1, 0.15) is 0 Å². The Morgan fingerprint density at radius 3 is 2.52 bits per heavy atom. The van der Waals surface area contributed by atoms with Gasteiger partial charge < -0.3 is 5.11 Å². The van der Waals surface area contributed by atoms with E-state index in [4.69, 9.17) is 5.26 Å². The SMILES string of the molecule is N#Cc1cccc([C@H]2C[C@H](CC(=O)O)CN(Cc3ccc(C(F)(F)F)cc3)C2)c1. The van der Waals surface area contributed by atoms with Crippen molar-refractivity contribution >= 4 is 5.97 Å². The van der Waals surface area contributed by atoms with Gasteiger partial charge in [0.2, 0.25) is 0 Å². The molecule has 4 nitrogen and oxygen atoms in total. The van der Waals surface area contributed by atoms with E-state index in [2.05, 4.69) is 11.0 Å². The first-order valence-corrected chi connectivity index (χ1v) is 9.35. The Kier molecular flexibility index (Phi) is 6.23. The van der Waals surface area contributed by atoms with E-state index in [0.29, 0.717) is 31.6 Å². The molecule has 0 aromatic heterocycles. The Morgan fingerprint density at radius 2 is 1.90 bits per heavy atom. The molecule has 0 spiro atoms. The predicted molar refractivity (Wildman–Crippen MR) is 101 cm³/mol. The van der Waals surface area contributed by atoms with Crippen LogP contribution < -0.4 is 0 Å². The topological polar surface area (TPSA) is 64.3 Å². The number of piperidine rings is 1. The fourth-order valence-electron chi connectivity index (χ4n) is 3.99. The van der Waals surface area contributed by atoms with E-state index in [1.54, 1.807) is 6.07 Å². The fraction of sp³-hybridized carbons (Fsp3) is 0.364. The summed E-state index contributed by atoms with van der Waals surface area (Å²) in [5, 5.41) is 18.4. The first-order chi connectivity index (χ1) is 13.7. The van der Waals surface area contributed by atoms with Gasteiger partial charge in [-0.25, -0.2) is 0 Å². The monoisotopic (exact) mass is 402 g/mol. The van der Waals surface area contributed by atoms with E-state index >= 15 is 0 Å². The standard InChI is InChI=1S/C22H21F3N2O2/c23-22(24,25)20-6-4-15(5-7-20)12-27-13-17(10-21(28)29)9-19(14-27)18-3-1-2-16(8-18)11-26/h1-8,17,19H,9-10,12-14H2,(H,28,29)/t17-,19+/m1/s1. The molecule has 1 N–H and O–H groups in total. The molecule has 1 aliphatic heterocycles. The first kappa shape index (κ1) is 20.9. The van der Waals surface area contributed by atoms with Crippen LogP contribution >= 0.6 is 0 Å². The number of nitrogens with zero attached hydrogens (tertiary/aromatic N) is 2. The van der Waals surface area contributed by atoms with Crippen LogP contribution in [0, 0.1) is 17.2 Å². The predicted octanol–water partition coefficient (Wildman–Crippen LogP) is 4.66. The molecule has 3 rings (SSSR count). The summed E-state index contributed by atoms with van der Waals surface area (Å²) in [6, 6.07) is 14.5. The van der Waals surface area contributed by atoms with Crippen LogP contribution in [-0.2, 0) is 17.5 Å². The maximum Gasteiger partial charge on any atom is 0.416 e. The van der Waals surface area contributed by atoms with Crippen LogP contribution in [0.15, 0.2) is 48.5 Å². The zero-order valence-corrected chi connectivity index (χ0v) is 15.7. The summed E-state index contributed by atoms with van der Waals surface area (Å²) in [5.41, 5.74) is 1.60. The van der Waals surface area contributed by atoms with Gasteiger partial charge in [0.25, 0.3) is 0 Å². The molecule has 1 saturated heterocycles. The smallest absolute Gasteiger partial charge is 0.416 e. The Labute approximate surface area is 167 Å². The highest BCUT2D eigenvalue weighted by Gasteiger charge is 2.31. The molecule has 0 radical (unpaired) electrons. The van der Waals surface area contributed by atoms with Crippen LogP contribution in [0.5, 0.6) is 0 Å². The van der Waals surface area contributed by atoms with Crippen molar-refractivity contribution < 1.29 is 23.1 Å². The van der Waals surface area contributed by atoms with Crippen LogP contribution in [0.25, 0.3) is 0 Å². The Bertz CT molecular complexity index is 904. The highest BCUT2D eigenvalue weighted by molar-refractivity contribution is 5.67. The zero-order valence-electron chi connectivity index (χ0n) is 15.7. The third-order valence-electron chi connectivity index (χ3n) is 5.25. The third-order valence-corrected chi connectivity index (χ3v) is 5.25. The van der Waals surface area contributed by atoms with Crippen molar-refractivity contribution in [1.82, 2.24) is 4.90 Å². The van der Waals surface area contributed by atoms with E-state index in [-0.39, 0.29) is 18.3 Å². The van der Waals surface area contributed by atoms with Gasteiger partial charge >= 0.3 is 12.1 Å². The van der Waals surface area contributed by atoms with Crippen molar-refractivity contribution in [2.45, 2.75) is 31.5 Å². The van der Waals surface area contributed by atoms with Crippen molar-refractivity contribution in [3.63, 3.8) is 0 Å². The van der Waals surface area contributed by atoms with Crippen LogP contribution in [0.3, 0.4) is 0 Å². The number of aliphatic carboxylic acids is 1. The van der Waals surface area contributed by atoms with E-state index in [1.165, 1.54) is 12.1 Å². The zero-order chi connectivity index (χ0) is 21.0. The molecule has 152 valence electrons. The number of rotatable bonds is 5. The third kappa shape index (κ3) is 5.58. The maximum atomic E-state index is 12.8. The highest BCUT2D eigenvalue weighted by Crippen LogP contribution is 2.34. The van der Waals surface area contributed by atoms with Crippen molar-refractivity contribution in [3.05, 3.63) is 70.8 Å². The summed E-state index contributed by atoms with van der Waals surface area (Å²) in [6.07, 6.45) is -3.63. The molecule has 0 aliphatic carbocycles. The average molecular weight is 402 g/mol. The van der Waals surface area contributed by atoms with Crippen molar-refractivity contribution in [2.24, 2.45) is 5.92 Å². The number of benzene rings is 2. The number of hydrogen-bond acceptors (Lipinski definition) is 3. The summed E-state index contributed by atoms with van der Waals surface area (Å²) in [5.74, 6) is -0.863. The van der Waals surface area contributed by atoms with Gasteiger partial charge in [-0.05, 0) is 53.6 Å². The Morgan fingerprint density at radius 1 is 1.17 bits per heavy atom. The van der Waals surface area contributed by atoms with Gasteiger partial charge in [-0.1, -0.05) is 24.3 Å². The van der Waals surface area contributed by atoms with Gasteiger partial charge in [-0.15, -0.1) is 0 Å². The normalized spacial score (nSPS) is 20.2. The van der Waals surface area contributed by atoms with Crippen LogP contribution in [-0.4, -0.2) is 29.1 Å². The maximum absolute atomic E-state index is 12.8. The van der Waals surface area contributed by atoms with Crippen molar-refractivity contribution in [2.75, 3.05) is 13.1 Å². The summed E-state index contributed by atoms with van der Waals surface area (Å²) in [6.45, 7) is 1.68. The van der Waals surface area contributed by atoms with Gasteiger partial charge in [-0.2, -0.15) is 18.4 Å². The van der Waals surface area contributed by atoms with Crippen LogP contribution in [0.4, 0.5) is 13.2 Å². The summed E-state index contributed by atoms with van der Waals surface area (Å²) in [4.78, 5) is 13.3. The molecule has 2 aromatic carbocycles. The molecule has 2 atom stereocenters. The molecule has 0 bridgehead atoms. The number of carbonyl (C=O) groups is 1. The number of likely N-dealkylation sites (tertiary alicyclic amines) is 1. The van der Waals surface area contributed by atoms with Crippen molar-refractivity contribution in [1.29, 1.82) is 5.26 Å². The number of halogens is 3. The molecule has 0 unspecified atom stereocenters. The van der Waals surface area contributed by atoms with E-state index in [9.17, 15) is 23.1 Å². The Hall–Kier alpha value is -2.85. The lowest BCUT2D eigenvalue weighted by molar-refractivity contribution is -0.139. The Balaban J connectivity index is 1.77. The molecule has 1 heterocycles. The molecule has 0 amide bonds. The second kappa shape index (κ2) is 8.66. The minimum absolute atomic E-state index is 0.0396. The molecular formula is C22H21F3N2O2. The van der Waals surface area contributed by atoms with Gasteiger partial charge in [-0.3, -0.25) is 9.69 Å². The number of nitriles is 1. The van der Waals surface area contributed by atoms with E-state index in [0.717, 1.165) is 23.3 Å². The van der Waals surface area contributed by atoms with Gasteiger partial charge in [0, 0.05) is 26.1 Å². The minimum Gasteiger partial charge on any atom is -0.481 e. The van der Waals surface area contributed by atoms with Gasteiger partial charge in [0.15, 0.2) is 0 Å². The number of hydrogen-bond donors (Lipinski definition) is 1. The summed E-state index contributed by atoms with van der Waals surface area (Å²) < 4.78 is 38.3. The highest BCUT2D eigenvalue weighted by atomic mass is 19.4. The second-order valence-corrected chi connectivity index (χ2v) is 7.52. The number of carboxylic acid groups (broad SMARTS) is 1. The summed E-state index contributed by atoms with van der Waals surface area (Å²) in [7, 11) is 0. The van der Waals surface area contributed by atoms with Crippen LogP contribution in [0.1, 0.15) is 41.0 Å². The lowest BCUT2D eigenvalue weighted by atomic mass is 9.82. The molecule has 7 heteroatoms. The number of alkyl halides is 3. The van der Waals surface area contributed by atoms with E-state index < -0.39 is 17.7 Å². The second-order valence-electron chi connectivity index (χ2n) is 7.52. The lowest BCUT2D eigenvalue weighted by Gasteiger charge is -2.37. The van der Waals surface area contributed by atoms with Gasteiger partial charge in [0.05, 0.1) is 17.2 Å². The molecule has 29 heavy (non-hydrogen) atoms. The average Bonchev–Trinajstić information content (AvgIpc) is 2.67. The van der Waals surface area contributed by atoms with E-state index in [1.807, 2.05) is 18.2 Å². The molecule has 1 fully saturated rings. The summed E-state index contributed by atoms with van der Waals surface area (Å²) >= 11 is 0. The largest absolute Gasteiger partial charge is 0.481 e. The van der Waals surface area contributed by atoms with Crippen molar-refractivity contribution in [3.8, 4) is 6.07 Å². The molecule has 1 aliphatic rings. The minimum atomic E-state index is -4.37. The van der Waals surface area contributed by atoms with Crippen LogP contribution in [0.2, 0.25) is 0 Å². The molecule has 2 aromatic rings. The lowest BCUT2D eigenvalue weighted by Crippen LogP contribution is -2.39. The first-order valence-electron chi connectivity index (χ1n) is 9.35. The molecule has 0 saturated carbocycles. The molecular weight excluding hydrogens is 381 g/mol. The number of carboxylic acids is 1.